The zero-order valence-corrected chi connectivity index (χ0v) is 14.9. The highest BCUT2D eigenvalue weighted by molar-refractivity contribution is 7.91. The SMILES string of the molecule is Cc1ccc(CCC(=O)N[C@@H]2CCO[C@]3(CCS(=O)(=O)C3)C2)cc1. The maximum atomic E-state index is 12.2. The fourth-order valence-electron chi connectivity index (χ4n) is 3.62. The second-order valence-electron chi connectivity index (χ2n) is 7.12. The molecule has 1 aromatic carbocycles. The molecule has 1 spiro atoms. The molecular formula is C18H25NO4S. The third-order valence-corrected chi connectivity index (χ3v) is 6.76. The molecule has 3 rings (SSSR count). The van der Waals surface area contributed by atoms with Crippen molar-refractivity contribution in [1.82, 2.24) is 5.32 Å². The minimum atomic E-state index is -2.99. The van der Waals surface area contributed by atoms with E-state index in [1.165, 1.54) is 5.56 Å². The average Bonchev–Trinajstić information content (AvgIpc) is 2.81. The Labute approximate surface area is 143 Å². The van der Waals surface area contributed by atoms with E-state index in [4.69, 9.17) is 4.74 Å². The molecule has 2 fully saturated rings. The lowest BCUT2D eigenvalue weighted by Gasteiger charge is -2.37. The van der Waals surface area contributed by atoms with E-state index in [1.807, 2.05) is 6.92 Å². The molecule has 24 heavy (non-hydrogen) atoms. The monoisotopic (exact) mass is 351 g/mol. The molecule has 0 saturated carbocycles. The third kappa shape index (κ3) is 4.36. The molecule has 0 bridgehead atoms. The van der Waals surface area contributed by atoms with E-state index < -0.39 is 15.4 Å². The number of aryl methyl sites for hydroxylation is 2. The minimum absolute atomic E-state index is 0.0116. The molecule has 2 atom stereocenters. The van der Waals surface area contributed by atoms with Crippen molar-refractivity contribution in [1.29, 1.82) is 0 Å². The van der Waals surface area contributed by atoms with Crippen molar-refractivity contribution in [3.8, 4) is 0 Å². The van der Waals surface area contributed by atoms with Gasteiger partial charge in [-0.25, -0.2) is 8.42 Å². The van der Waals surface area contributed by atoms with E-state index in [-0.39, 0.29) is 23.5 Å². The molecule has 0 radical (unpaired) electrons. The van der Waals surface area contributed by atoms with Crippen LogP contribution in [0.4, 0.5) is 0 Å². The van der Waals surface area contributed by atoms with Gasteiger partial charge in [-0.05, 0) is 38.2 Å². The van der Waals surface area contributed by atoms with Crippen molar-refractivity contribution < 1.29 is 17.9 Å². The fourth-order valence-corrected chi connectivity index (χ4v) is 5.60. The molecule has 0 unspecified atom stereocenters. The van der Waals surface area contributed by atoms with Crippen LogP contribution in [-0.2, 0) is 25.8 Å². The van der Waals surface area contributed by atoms with Gasteiger partial charge in [0.2, 0.25) is 5.91 Å². The van der Waals surface area contributed by atoms with Crippen LogP contribution in [-0.4, -0.2) is 44.1 Å². The van der Waals surface area contributed by atoms with Gasteiger partial charge in [-0.2, -0.15) is 0 Å². The Balaban J connectivity index is 1.50. The van der Waals surface area contributed by atoms with Crippen LogP contribution in [0.3, 0.4) is 0 Å². The highest BCUT2D eigenvalue weighted by Crippen LogP contribution is 2.35. The van der Waals surface area contributed by atoms with Crippen LogP contribution in [0, 0.1) is 6.92 Å². The molecule has 2 aliphatic rings. The number of sulfone groups is 1. The summed E-state index contributed by atoms with van der Waals surface area (Å²) in [5.74, 6) is 0.315. The Kier molecular flexibility index (Phi) is 4.97. The van der Waals surface area contributed by atoms with Gasteiger partial charge in [-0.1, -0.05) is 29.8 Å². The van der Waals surface area contributed by atoms with Crippen LogP contribution in [0.2, 0.25) is 0 Å². The minimum Gasteiger partial charge on any atom is -0.374 e. The van der Waals surface area contributed by atoms with Crippen LogP contribution in [0.25, 0.3) is 0 Å². The standard InChI is InChI=1S/C18H25NO4S/c1-14-2-4-15(5-3-14)6-7-17(20)19-16-8-10-23-18(12-16)9-11-24(21,22)13-18/h2-5,16H,6-13H2,1H3,(H,19,20)/t16-,18-/m1/s1. The van der Waals surface area contributed by atoms with Gasteiger partial charge in [-0.15, -0.1) is 0 Å². The molecule has 5 nitrogen and oxygen atoms in total. The number of benzene rings is 1. The van der Waals surface area contributed by atoms with Gasteiger partial charge in [0.15, 0.2) is 9.84 Å². The number of hydrogen-bond donors (Lipinski definition) is 1. The van der Waals surface area contributed by atoms with Crippen LogP contribution >= 0.6 is 0 Å². The zero-order chi connectivity index (χ0) is 17.2. The van der Waals surface area contributed by atoms with Gasteiger partial charge >= 0.3 is 0 Å². The number of amides is 1. The summed E-state index contributed by atoms with van der Waals surface area (Å²) in [6.45, 7) is 2.55. The topological polar surface area (TPSA) is 72.5 Å². The molecule has 1 amide bonds. The smallest absolute Gasteiger partial charge is 0.220 e. The average molecular weight is 351 g/mol. The highest BCUT2D eigenvalue weighted by atomic mass is 32.2. The predicted octanol–water partition coefficient (Wildman–Crippen LogP) is 1.78. The summed E-state index contributed by atoms with van der Waals surface area (Å²) in [4.78, 5) is 12.2. The first-order chi connectivity index (χ1) is 11.4. The van der Waals surface area contributed by atoms with E-state index >= 15 is 0 Å². The first kappa shape index (κ1) is 17.4. The number of carbonyl (C=O) groups excluding carboxylic acids is 1. The van der Waals surface area contributed by atoms with Gasteiger partial charge in [0, 0.05) is 19.1 Å². The number of carbonyl (C=O) groups is 1. The molecule has 2 heterocycles. The predicted molar refractivity (Wildman–Crippen MR) is 92.6 cm³/mol. The zero-order valence-electron chi connectivity index (χ0n) is 14.1. The summed E-state index contributed by atoms with van der Waals surface area (Å²) in [5, 5.41) is 3.07. The summed E-state index contributed by atoms with van der Waals surface area (Å²) in [7, 11) is -2.99. The van der Waals surface area contributed by atoms with E-state index in [1.54, 1.807) is 0 Å². The van der Waals surface area contributed by atoms with E-state index in [9.17, 15) is 13.2 Å². The molecule has 2 saturated heterocycles. The lowest BCUT2D eigenvalue weighted by Crippen LogP contribution is -2.49. The summed E-state index contributed by atoms with van der Waals surface area (Å²) in [5.41, 5.74) is 1.79. The second-order valence-corrected chi connectivity index (χ2v) is 9.30. The molecule has 1 aromatic rings. The number of hydrogen-bond acceptors (Lipinski definition) is 4. The lowest BCUT2D eigenvalue weighted by molar-refractivity contribution is -0.124. The van der Waals surface area contributed by atoms with Crippen molar-refractivity contribution in [2.45, 2.75) is 50.7 Å². The molecule has 1 N–H and O–H groups in total. The molecule has 0 aromatic heterocycles. The normalized spacial score (nSPS) is 28.8. The molecular weight excluding hydrogens is 326 g/mol. The van der Waals surface area contributed by atoms with Crippen LogP contribution < -0.4 is 5.32 Å². The Morgan fingerprint density at radius 2 is 2.08 bits per heavy atom. The van der Waals surface area contributed by atoms with Crippen LogP contribution in [0.1, 0.15) is 36.8 Å². The Morgan fingerprint density at radius 3 is 2.75 bits per heavy atom. The van der Waals surface area contributed by atoms with E-state index in [2.05, 4.69) is 29.6 Å². The van der Waals surface area contributed by atoms with E-state index in [0.29, 0.717) is 25.9 Å². The molecule has 132 valence electrons. The number of rotatable bonds is 4. The maximum absolute atomic E-state index is 12.2. The first-order valence-corrected chi connectivity index (χ1v) is 10.4. The van der Waals surface area contributed by atoms with Crippen LogP contribution in [0.15, 0.2) is 24.3 Å². The summed E-state index contributed by atoms with van der Waals surface area (Å²) in [6.07, 6.45) is 3.06. The largest absolute Gasteiger partial charge is 0.374 e. The Morgan fingerprint density at radius 1 is 1.33 bits per heavy atom. The van der Waals surface area contributed by atoms with Gasteiger partial charge < -0.3 is 10.1 Å². The van der Waals surface area contributed by atoms with E-state index in [0.717, 1.165) is 18.4 Å². The van der Waals surface area contributed by atoms with Crippen molar-refractivity contribution in [2.75, 3.05) is 18.1 Å². The van der Waals surface area contributed by atoms with Crippen molar-refractivity contribution in [3.05, 3.63) is 35.4 Å². The molecule has 2 aliphatic heterocycles. The van der Waals surface area contributed by atoms with Gasteiger partial charge in [-0.3, -0.25) is 4.79 Å². The van der Waals surface area contributed by atoms with Gasteiger partial charge in [0.05, 0.1) is 17.1 Å². The maximum Gasteiger partial charge on any atom is 0.220 e. The van der Waals surface area contributed by atoms with Crippen molar-refractivity contribution >= 4 is 15.7 Å². The van der Waals surface area contributed by atoms with Crippen molar-refractivity contribution in [3.63, 3.8) is 0 Å². The fraction of sp³-hybridized carbons (Fsp3) is 0.611. The van der Waals surface area contributed by atoms with Crippen molar-refractivity contribution in [2.24, 2.45) is 0 Å². The first-order valence-electron chi connectivity index (χ1n) is 8.55. The lowest BCUT2D eigenvalue weighted by atomic mass is 9.90. The number of nitrogens with one attached hydrogen (secondary N) is 1. The second kappa shape index (κ2) is 6.84. The van der Waals surface area contributed by atoms with Gasteiger partial charge in [0.25, 0.3) is 0 Å². The highest BCUT2D eigenvalue weighted by Gasteiger charge is 2.46. The molecule has 0 aliphatic carbocycles. The summed E-state index contributed by atoms with van der Waals surface area (Å²) >= 11 is 0. The Bertz CT molecular complexity index is 698. The Hall–Kier alpha value is -1.40. The van der Waals surface area contributed by atoms with Crippen LogP contribution in [0.5, 0.6) is 0 Å². The van der Waals surface area contributed by atoms with Gasteiger partial charge in [0.1, 0.15) is 0 Å². The molecule has 6 heteroatoms. The summed E-state index contributed by atoms with van der Waals surface area (Å²) < 4.78 is 29.3. The third-order valence-electron chi connectivity index (χ3n) is 4.97. The summed E-state index contributed by atoms with van der Waals surface area (Å²) in [6, 6.07) is 8.22. The number of ether oxygens (including phenoxy) is 1. The quantitative estimate of drug-likeness (QED) is 0.897.